The average molecular weight is 496 g/mol. The first-order chi connectivity index (χ1) is 15.3. The monoisotopic (exact) mass is 495 g/mol. The second-order valence-electron chi connectivity index (χ2n) is 8.32. The van der Waals surface area contributed by atoms with Crippen LogP contribution < -0.4 is 4.90 Å². The van der Waals surface area contributed by atoms with Crippen molar-refractivity contribution < 1.29 is 13.2 Å². The molecule has 32 heavy (non-hydrogen) atoms. The molecule has 0 unspecified atom stereocenters. The molecule has 6 nitrogen and oxygen atoms in total. The fraction of sp³-hybridized carbons (Fsp3) is 0.435. The Labute approximate surface area is 199 Å². The highest BCUT2D eigenvalue weighted by atomic mass is 35.5. The summed E-state index contributed by atoms with van der Waals surface area (Å²) in [7, 11) is -3.64. The van der Waals surface area contributed by atoms with E-state index in [1.54, 1.807) is 4.90 Å². The fourth-order valence-electron chi connectivity index (χ4n) is 4.33. The Bertz CT molecular complexity index is 1110. The molecule has 172 valence electrons. The maximum Gasteiger partial charge on any atom is 0.255 e. The van der Waals surface area contributed by atoms with Gasteiger partial charge in [-0.05, 0) is 55.7 Å². The summed E-state index contributed by atoms with van der Waals surface area (Å²) in [5.74, 6) is -0.242. The third kappa shape index (κ3) is 4.76. The van der Waals surface area contributed by atoms with Crippen LogP contribution in [-0.4, -0.2) is 62.8 Å². The molecule has 0 radical (unpaired) electrons. The fourth-order valence-corrected chi connectivity index (χ4v) is 6.24. The zero-order chi connectivity index (χ0) is 22.9. The Morgan fingerprint density at radius 3 is 2.25 bits per heavy atom. The van der Waals surface area contributed by atoms with Crippen molar-refractivity contribution in [2.24, 2.45) is 0 Å². The molecule has 2 fully saturated rings. The summed E-state index contributed by atoms with van der Waals surface area (Å²) in [5.41, 5.74) is 2.43. The normalized spacial score (nSPS) is 18.1. The molecule has 2 aromatic rings. The molecule has 2 aliphatic heterocycles. The van der Waals surface area contributed by atoms with Crippen LogP contribution in [0.2, 0.25) is 10.0 Å². The van der Waals surface area contributed by atoms with Gasteiger partial charge in [-0.15, -0.1) is 0 Å². The summed E-state index contributed by atoms with van der Waals surface area (Å²) in [6.07, 6.45) is 2.75. The molecule has 4 rings (SSSR count). The molecule has 0 atom stereocenters. The van der Waals surface area contributed by atoms with E-state index in [1.807, 2.05) is 25.1 Å². The van der Waals surface area contributed by atoms with Crippen molar-refractivity contribution in [2.75, 3.05) is 44.2 Å². The summed E-state index contributed by atoms with van der Waals surface area (Å²) < 4.78 is 27.6. The predicted molar refractivity (Wildman–Crippen MR) is 128 cm³/mol. The van der Waals surface area contributed by atoms with Crippen LogP contribution in [0.15, 0.2) is 41.3 Å². The molecule has 2 aliphatic rings. The maximum atomic E-state index is 13.2. The lowest BCUT2D eigenvalue weighted by Crippen LogP contribution is -2.49. The van der Waals surface area contributed by atoms with Gasteiger partial charge in [0.1, 0.15) is 0 Å². The maximum absolute atomic E-state index is 13.2. The van der Waals surface area contributed by atoms with Crippen LogP contribution in [0.1, 0.15) is 35.2 Å². The Balaban J connectivity index is 1.50. The Morgan fingerprint density at radius 2 is 1.56 bits per heavy atom. The number of piperidine rings is 1. The molecule has 0 N–H and O–H groups in total. The number of piperazine rings is 1. The van der Waals surface area contributed by atoms with Gasteiger partial charge < -0.3 is 9.80 Å². The molecule has 9 heteroatoms. The van der Waals surface area contributed by atoms with Crippen LogP contribution in [0.4, 0.5) is 5.69 Å². The van der Waals surface area contributed by atoms with Crippen molar-refractivity contribution in [2.45, 2.75) is 31.1 Å². The summed E-state index contributed by atoms with van der Waals surface area (Å²) in [6.45, 7) is 5.43. The van der Waals surface area contributed by atoms with Crippen molar-refractivity contribution in [3.8, 4) is 0 Å². The van der Waals surface area contributed by atoms with E-state index < -0.39 is 10.0 Å². The van der Waals surface area contributed by atoms with Gasteiger partial charge in [-0.1, -0.05) is 35.7 Å². The van der Waals surface area contributed by atoms with Gasteiger partial charge in [-0.25, -0.2) is 8.42 Å². The minimum atomic E-state index is -3.64. The van der Waals surface area contributed by atoms with E-state index in [9.17, 15) is 13.2 Å². The van der Waals surface area contributed by atoms with E-state index in [-0.39, 0.29) is 21.4 Å². The molecule has 0 aliphatic carbocycles. The molecule has 2 aromatic carbocycles. The second kappa shape index (κ2) is 9.59. The molecule has 0 aromatic heterocycles. The van der Waals surface area contributed by atoms with E-state index >= 15 is 0 Å². The quantitative estimate of drug-likeness (QED) is 0.628. The van der Waals surface area contributed by atoms with Crippen LogP contribution in [0.3, 0.4) is 0 Å². The molecule has 0 bridgehead atoms. The molecular formula is C23H27Cl2N3O3S. The summed E-state index contributed by atoms with van der Waals surface area (Å²) in [5, 5.41) is 0.948. The van der Waals surface area contributed by atoms with Crippen LogP contribution in [0.5, 0.6) is 0 Å². The van der Waals surface area contributed by atoms with Gasteiger partial charge in [0.25, 0.3) is 5.91 Å². The number of nitrogens with zero attached hydrogens (tertiary/aromatic N) is 3. The van der Waals surface area contributed by atoms with E-state index in [2.05, 4.69) is 4.90 Å². The number of benzene rings is 2. The van der Waals surface area contributed by atoms with Gasteiger partial charge in [0.05, 0.1) is 15.5 Å². The number of halogens is 2. The lowest BCUT2D eigenvalue weighted by atomic mass is 10.1. The molecular weight excluding hydrogens is 469 g/mol. The second-order valence-corrected chi connectivity index (χ2v) is 11.1. The molecule has 2 heterocycles. The summed E-state index contributed by atoms with van der Waals surface area (Å²) in [4.78, 5) is 17.3. The molecule has 0 spiro atoms. The number of anilines is 1. The first kappa shape index (κ1) is 23.4. The third-order valence-electron chi connectivity index (χ3n) is 6.20. The van der Waals surface area contributed by atoms with Gasteiger partial charge in [-0.3, -0.25) is 4.79 Å². The lowest BCUT2D eigenvalue weighted by molar-refractivity contribution is 0.0746. The minimum Gasteiger partial charge on any atom is -0.368 e. The van der Waals surface area contributed by atoms with Crippen LogP contribution in [0.25, 0.3) is 0 Å². The topological polar surface area (TPSA) is 60.9 Å². The Morgan fingerprint density at radius 1 is 0.875 bits per heavy atom. The van der Waals surface area contributed by atoms with Crippen molar-refractivity contribution in [3.05, 3.63) is 57.6 Å². The zero-order valence-electron chi connectivity index (χ0n) is 18.1. The lowest BCUT2D eigenvalue weighted by Gasteiger charge is -2.37. The standard InChI is InChI=1S/C23H27Cl2N3O3S/c1-17-5-6-18(24)15-22(17)26-11-13-27(14-12-26)23(29)20-16-19(7-8-21(20)25)32(30,31)28-9-3-2-4-10-28/h5-8,15-16H,2-4,9-14H2,1H3. The first-order valence-corrected chi connectivity index (χ1v) is 13.1. The van der Waals surface area contributed by atoms with Gasteiger partial charge in [0.15, 0.2) is 0 Å². The van der Waals surface area contributed by atoms with Gasteiger partial charge in [0.2, 0.25) is 10.0 Å². The van der Waals surface area contributed by atoms with E-state index in [0.29, 0.717) is 44.3 Å². The predicted octanol–water partition coefficient (Wildman–Crippen LogP) is 4.44. The highest BCUT2D eigenvalue weighted by Gasteiger charge is 2.29. The zero-order valence-corrected chi connectivity index (χ0v) is 20.4. The van der Waals surface area contributed by atoms with Crippen molar-refractivity contribution in [1.29, 1.82) is 0 Å². The number of amides is 1. The third-order valence-corrected chi connectivity index (χ3v) is 8.66. The first-order valence-electron chi connectivity index (χ1n) is 10.9. The van der Waals surface area contributed by atoms with Crippen LogP contribution >= 0.6 is 23.2 Å². The number of hydrogen-bond acceptors (Lipinski definition) is 4. The van der Waals surface area contributed by atoms with Crippen molar-refractivity contribution in [3.63, 3.8) is 0 Å². The molecule has 2 saturated heterocycles. The van der Waals surface area contributed by atoms with Gasteiger partial charge in [-0.2, -0.15) is 4.31 Å². The summed E-state index contributed by atoms with van der Waals surface area (Å²) >= 11 is 12.5. The highest BCUT2D eigenvalue weighted by molar-refractivity contribution is 7.89. The van der Waals surface area contributed by atoms with E-state index in [1.165, 1.54) is 22.5 Å². The smallest absolute Gasteiger partial charge is 0.255 e. The van der Waals surface area contributed by atoms with E-state index in [4.69, 9.17) is 23.2 Å². The minimum absolute atomic E-state index is 0.125. The van der Waals surface area contributed by atoms with E-state index in [0.717, 1.165) is 30.5 Å². The van der Waals surface area contributed by atoms with Crippen molar-refractivity contribution >= 4 is 44.8 Å². The SMILES string of the molecule is Cc1ccc(Cl)cc1N1CCN(C(=O)c2cc(S(=O)(=O)N3CCCCC3)ccc2Cl)CC1. The van der Waals surface area contributed by atoms with Gasteiger partial charge >= 0.3 is 0 Å². The van der Waals surface area contributed by atoms with Gasteiger partial charge in [0, 0.05) is 50.0 Å². The highest BCUT2D eigenvalue weighted by Crippen LogP contribution is 2.28. The average Bonchev–Trinajstić information content (AvgIpc) is 2.81. The van der Waals surface area contributed by atoms with Crippen molar-refractivity contribution in [1.82, 2.24) is 9.21 Å². The number of sulfonamides is 1. The summed E-state index contributed by atoms with van der Waals surface area (Å²) in [6, 6.07) is 10.2. The number of rotatable bonds is 4. The number of aryl methyl sites for hydroxylation is 1. The van der Waals surface area contributed by atoms with Crippen LogP contribution in [0, 0.1) is 6.92 Å². The Hall–Kier alpha value is -1.80. The molecule has 1 amide bonds. The Kier molecular flexibility index (Phi) is 7.00. The molecule has 0 saturated carbocycles. The number of carbonyl (C=O) groups excluding carboxylic acids is 1. The number of hydrogen-bond donors (Lipinski definition) is 0. The largest absolute Gasteiger partial charge is 0.368 e. The number of carbonyl (C=O) groups is 1. The van der Waals surface area contributed by atoms with Crippen LogP contribution in [-0.2, 0) is 10.0 Å².